The highest BCUT2D eigenvalue weighted by atomic mass is 16.2. The van der Waals surface area contributed by atoms with E-state index < -0.39 is 0 Å². The lowest BCUT2D eigenvalue weighted by Crippen LogP contribution is -2.37. The van der Waals surface area contributed by atoms with Crippen molar-refractivity contribution in [1.82, 2.24) is 19.4 Å². The van der Waals surface area contributed by atoms with E-state index >= 15 is 0 Å². The summed E-state index contributed by atoms with van der Waals surface area (Å²) >= 11 is 0. The summed E-state index contributed by atoms with van der Waals surface area (Å²) in [5.41, 5.74) is 0.765. The fourth-order valence-corrected chi connectivity index (χ4v) is 2.70. The maximum Gasteiger partial charge on any atom is 0.321 e. The topological polar surface area (TPSA) is 63.1 Å². The molecule has 0 saturated heterocycles. The number of urea groups is 1. The van der Waals surface area contributed by atoms with Gasteiger partial charge in [-0.2, -0.15) is 0 Å². The van der Waals surface area contributed by atoms with Gasteiger partial charge in [0.1, 0.15) is 5.82 Å². The zero-order valence-electron chi connectivity index (χ0n) is 12.1. The highest BCUT2D eigenvalue weighted by molar-refractivity contribution is 5.88. The summed E-state index contributed by atoms with van der Waals surface area (Å²) in [6.45, 7) is 1.73. The molecule has 1 aliphatic heterocycles. The maximum atomic E-state index is 12.2. The molecule has 2 aromatic rings. The third kappa shape index (κ3) is 3.21. The van der Waals surface area contributed by atoms with Crippen LogP contribution in [-0.2, 0) is 13.0 Å². The molecule has 1 N–H and O–H groups in total. The van der Waals surface area contributed by atoms with Crippen molar-refractivity contribution in [3.8, 4) is 0 Å². The number of imidazole rings is 1. The first-order valence-electron chi connectivity index (χ1n) is 7.14. The molecular weight excluding hydrogens is 266 g/mol. The van der Waals surface area contributed by atoms with Crippen LogP contribution in [0.5, 0.6) is 0 Å². The van der Waals surface area contributed by atoms with Crippen LogP contribution in [0.4, 0.5) is 10.5 Å². The number of anilines is 1. The Bertz CT molecular complexity index is 610. The van der Waals surface area contributed by atoms with Gasteiger partial charge in [-0.15, -0.1) is 0 Å². The quantitative estimate of drug-likeness (QED) is 0.938. The van der Waals surface area contributed by atoms with E-state index in [1.165, 1.54) is 0 Å². The van der Waals surface area contributed by atoms with Gasteiger partial charge in [0.2, 0.25) is 0 Å². The number of rotatable bonds is 3. The van der Waals surface area contributed by atoms with Crippen LogP contribution >= 0.6 is 0 Å². The zero-order valence-corrected chi connectivity index (χ0v) is 12.1. The second kappa shape index (κ2) is 5.95. The Morgan fingerprint density at radius 2 is 2.24 bits per heavy atom. The predicted octanol–water partition coefficient (Wildman–Crippen LogP) is 2.00. The molecule has 6 heteroatoms. The summed E-state index contributed by atoms with van der Waals surface area (Å²) in [6.07, 6.45) is 9.20. The van der Waals surface area contributed by atoms with Gasteiger partial charge in [-0.05, 0) is 24.5 Å². The van der Waals surface area contributed by atoms with Crippen LogP contribution in [0.1, 0.15) is 12.2 Å². The molecule has 3 heterocycles. The standard InChI is InChI=1S/C15H19N5O/c1-19(15(21)18-13-2-5-16-6-3-13)11-12-4-8-20-9-7-17-14(20)10-12/h2-3,5-7,9,12H,4,8,10-11H2,1H3,(H,16,18,21). The Morgan fingerprint density at radius 1 is 1.43 bits per heavy atom. The number of nitrogens with one attached hydrogen (secondary N) is 1. The van der Waals surface area contributed by atoms with Gasteiger partial charge in [0.25, 0.3) is 0 Å². The van der Waals surface area contributed by atoms with Crippen LogP contribution in [0.15, 0.2) is 36.9 Å². The minimum absolute atomic E-state index is 0.0879. The largest absolute Gasteiger partial charge is 0.335 e. The molecule has 0 spiro atoms. The molecule has 1 aliphatic rings. The molecular formula is C15H19N5O. The lowest BCUT2D eigenvalue weighted by atomic mass is 9.97. The first-order valence-corrected chi connectivity index (χ1v) is 7.14. The number of carbonyl (C=O) groups excluding carboxylic acids is 1. The van der Waals surface area contributed by atoms with Crippen LogP contribution in [0.25, 0.3) is 0 Å². The van der Waals surface area contributed by atoms with Crippen molar-refractivity contribution < 1.29 is 4.79 Å². The zero-order chi connectivity index (χ0) is 14.7. The van der Waals surface area contributed by atoms with Gasteiger partial charge in [-0.25, -0.2) is 9.78 Å². The Balaban J connectivity index is 1.54. The molecule has 6 nitrogen and oxygen atoms in total. The molecule has 0 aromatic carbocycles. The molecule has 0 fully saturated rings. The molecule has 21 heavy (non-hydrogen) atoms. The highest BCUT2D eigenvalue weighted by Crippen LogP contribution is 2.20. The van der Waals surface area contributed by atoms with Crippen LogP contribution in [0, 0.1) is 5.92 Å². The third-order valence-electron chi connectivity index (χ3n) is 3.86. The number of fused-ring (bicyclic) bond motifs is 1. The number of hydrogen-bond donors (Lipinski definition) is 1. The van der Waals surface area contributed by atoms with Gasteiger partial charge in [0.15, 0.2) is 0 Å². The summed E-state index contributed by atoms with van der Waals surface area (Å²) in [7, 11) is 1.83. The van der Waals surface area contributed by atoms with E-state index in [1.807, 2.05) is 19.4 Å². The first kappa shape index (κ1) is 13.6. The number of amides is 2. The molecule has 3 rings (SSSR count). The van der Waals surface area contributed by atoms with E-state index in [-0.39, 0.29) is 6.03 Å². The van der Waals surface area contributed by atoms with E-state index in [1.54, 1.807) is 29.4 Å². The normalized spacial score (nSPS) is 17.1. The van der Waals surface area contributed by atoms with Gasteiger partial charge < -0.3 is 14.8 Å². The fourth-order valence-electron chi connectivity index (χ4n) is 2.70. The Labute approximate surface area is 123 Å². The number of pyridine rings is 1. The minimum atomic E-state index is -0.0879. The lowest BCUT2D eigenvalue weighted by molar-refractivity contribution is 0.207. The third-order valence-corrected chi connectivity index (χ3v) is 3.86. The molecule has 0 bridgehead atoms. The fraction of sp³-hybridized carbons (Fsp3) is 0.400. The Hall–Kier alpha value is -2.37. The average Bonchev–Trinajstić information content (AvgIpc) is 2.95. The van der Waals surface area contributed by atoms with Crippen molar-refractivity contribution in [3.05, 3.63) is 42.7 Å². The smallest absolute Gasteiger partial charge is 0.321 e. The monoisotopic (exact) mass is 285 g/mol. The highest BCUT2D eigenvalue weighted by Gasteiger charge is 2.22. The van der Waals surface area contributed by atoms with E-state index in [2.05, 4.69) is 19.9 Å². The van der Waals surface area contributed by atoms with Crippen LogP contribution in [0.3, 0.4) is 0 Å². The van der Waals surface area contributed by atoms with Gasteiger partial charge in [-0.3, -0.25) is 4.98 Å². The number of aromatic nitrogens is 3. The van der Waals surface area contributed by atoms with Crippen molar-refractivity contribution in [2.24, 2.45) is 5.92 Å². The average molecular weight is 285 g/mol. The molecule has 110 valence electrons. The summed E-state index contributed by atoms with van der Waals surface area (Å²) in [5, 5.41) is 2.87. The van der Waals surface area contributed by atoms with Crippen LogP contribution < -0.4 is 5.32 Å². The van der Waals surface area contributed by atoms with Crippen molar-refractivity contribution in [2.45, 2.75) is 19.4 Å². The molecule has 0 radical (unpaired) electrons. The molecule has 2 amide bonds. The number of aryl methyl sites for hydroxylation is 1. The van der Waals surface area contributed by atoms with Gasteiger partial charge in [0, 0.05) is 57.0 Å². The molecule has 2 aromatic heterocycles. The maximum absolute atomic E-state index is 12.2. The van der Waals surface area contributed by atoms with Gasteiger partial charge >= 0.3 is 6.03 Å². The van der Waals surface area contributed by atoms with Crippen molar-refractivity contribution in [1.29, 1.82) is 0 Å². The minimum Gasteiger partial charge on any atom is -0.335 e. The van der Waals surface area contributed by atoms with Crippen molar-refractivity contribution >= 4 is 11.7 Å². The second-order valence-electron chi connectivity index (χ2n) is 5.44. The van der Waals surface area contributed by atoms with E-state index in [0.29, 0.717) is 5.92 Å². The number of hydrogen-bond acceptors (Lipinski definition) is 3. The van der Waals surface area contributed by atoms with Crippen LogP contribution in [0.2, 0.25) is 0 Å². The summed E-state index contributed by atoms with van der Waals surface area (Å²) in [6, 6.07) is 3.47. The van der Waals surface area contributed by atoms with E-state index in [0.717, 1.165) is 37.4 Å². The van der Waals surface area contributed by atoms with Crippen LogP contribution in [-0.4, -0.2) is 39.1 Å². The Morgan fingerprint density at radius 3 is 3.05 bits per heavy atom. The number of nitrogens with zero attached hydrogens (tertiary/aromatic N) is 4. The van der Waals surface area contributed by atoms with Crippen molar-refractivity contribution in [3.63, 3.8) is 0 Å². The molecule has 0 aliphatic carbocycles. The summed E-state index contributed by atoms with van der Waals surface area (Å²) in [5.74, 6) is 1.59. The van der Waals surface area contributed by atoms with E-state index in [4.69, 9.17) is 0 Å². The molecule has 1 unspecified atom stereocenters. The molecule has 1 atom stereocenters. The molecule has 0 saturated carbocycles. The lowest BCUT2D eigenvalue weighted by Gasteiger charge is -2.27. The van der Waals surface area contributed by atoms with Crippen molar-refractivity contribution in [2.75, 3.05) is 18.9 Å². The number of carbonyl (C=O) groups is 1. The second-order valence-corrected chi connectivity index (χ2v) is 5.44. The van der Waals surface area contributed by atoms with E-state index in [9.17, 15) is 4.79 Å². The summed E-state index contributed by atoms with van der Waals surface area (Å²) < 4.78 is 2.19. The van der Waals surface area contributed by atoms with Gasteiger partial charge in [-0.1, -0.05) is 0 Å². The SMILES string of the molecule is CN(CC1CCn2ccnc2C1)C(=O)Nc1ccncc1. The summed E-state index contributed by atoms with van der Waals surface area (Å²) in [4.78, 5) is 22.2. The van der Waals surface area contributed by atoms with Gasteiger partial charge in [0.05, 0.1) is 0 Å². The predicted molar refractivity (Wildman–Crippen MR) is 79.9 cm³/mol. The first-order chi connectivity index (χ1) is 10.2. The Kier molecular flexibility index (Phi) is 3.85.